The van der Waals surface area contributed by atoms with Gasteiger partial charge in [0.15, 0.2) is 0 Å². The van der Waals surface area contributed by atoms with Crippen LogP contribution in [0.4, 0.5) is 0 Å². The number of thioether (sulfide) groups is 1. The molecule has 0 aromatic carbocycles. The van der Waals surface area contributed by atoms with Crippen LogP contribution in [0.2, 0.25) is 0 Å². The first-order valence-corrected chi connectivity index (χ1v) is 5.87. The molecule has 2 aliphatic rings. The Bertz CT molecular complexity index is 145. The summed E-state index contributed by atoms with van der Waals surface area (Å²) >= 11 is 2.27. The molecule has 0 amide bonds. The SMILES string of the molecule is CC(C)C1CCC12CCCS2. The molecule has 0 aromatic rings. The Labute approximate surface area is 74.1 Å². The molecule has 2 atom stereocenters. The fourth-order valence-electron chi connectivity index (χ4n) is 2.78. The molecule has 1 spiro atoms. The standard InChI is InChI=1S/C10H18S/c1-8(2)9-4-6-10(9)5-3-7-11-10/h8-9H,3-7H2,1-2H3. The highest BCUT2D eigenvalue weighted by molar-refractivity contribution is 8.01. The van der Waals surface area contributed by atoms with Gasteiger partial charge in [0.1, 0.15) is 0 Å². The highest BCUT2D eigenvalue weighted by atomic mass is 32.2. The van der Waals surface area contributed by atoms with Gasteiger partial charge in [-0.05, 0) is 43.3 Å². The van der Waals surface area contributed by atoms with Gasteiger partial charge in [0, 0.05) is 4.75 Å². The molecule has 1 saturated heterocycles. The summed E-state index contributed by atoms with van der Waals surface area (Å²) in [6.45, 7) is 4.79. The first kappa shape index (κ1) is 7.97. The minimum Gasteiger partial charge on any atom is -0.155 e. The minimum atomic E-state index is 0.772. The Morgan fingerprint density at radius 2 is 2.18 bits per heavy atom. The van der Waals surface area contributed by atoms with Crippen LogP contribution >= 0.6 is 11.8 Å². The minimum absolute atomic E-state index is 0.772. The molecule has 0 bridgehead atoms. The molecule has 2 unspecified atom stereocenters. The maximum atomic E-state index is 2.39. The smallest absolute Gasteiger partial charge is 0.0191 e. The molecular weight excluding hydrogens is 152 g/mol. The summed E-state index contributed by atoms with van der Waals surface area (Å²) in [5, 5.41) is 0. The van der Waals surface area contributed by atoms with Crippen LogP contribution in [-0.4, -0.2) is 10.5 Å². The lowest BCUT2D eigenvalue weighted by molar-refractivity contribution is 0.153. The number of hydrogen-bond donors (Lipinski definition) is 0. The number of hydrogen-bond acceptors (Lipinski definition) is 1. The zero-order valence-electron chi connectivity index (χ0n) is 7.60. The van der Waals surface area contributed by atoms with E-state index in [0.29, 0.717) is 0 Å². The molecule has 1 saturated carbocycles. The van der Waals surface area contributed by atoms with Gasteiger partial charge in [-0.15, -0.1) is 0 Å². The van der Waals surface area contributed by atoms with Crippen molar-refractivity contribution in [2.24, 2.45) is 11.8 Å². The van der Waals surface area contributed by atoms with E-state index in [1.807, 2.05) is 0 Å². The van der Waals surface area contributed by atoms with Crippen LogP contribution in [-0.2, 0) is 0 Å². The summed E-state index contributed by atoms with van der Waals surface area (Å²) in [5.74, 6) is 3.41. The normalized spacial score (nSPS) is 43.4. The fraction of sp³-hybridized carbons (Fsp3) is 1.00. The van der Waals surface area contributed by atoms with Crippen LogP contribution in [0.5, 0.6) is 0 Å². The summed E-state index contributed by atoms with van der Waals surface area (Å²) in [4.78, 5) is 0. The lowest BCUT2D eigenvalue weighted by Crippen LogP contribution is -2.44. The summed E-state index contributed by atoms with van der Waals surface area (Å²) < 4.78 is 0.772. The van der Waals surface area contributed by atoms with E-state index in [0.717, 1.165) is 16.6 Å². The van der Waals surface area contributed by atoms with E-state index in [9.17, 15) is 0 Å². The Morgan fingerprint density at radius 1 is 1.36 bits per heavy atom. The predicted molar refractivity (Wildman–Crippen MR) is 52.0 cm³/mol. The average molecular weight is 170 g/mol. The molecular formula is C10H18S. The van der Waals surface area contributed by atoms with Gasteiger partial charge >= 0.3 is 0 Å². The highest BCUT2D eigenvalue weighted by Gasteiger charge is 2.49. The Hall–Kier alpha value is 0.350. The quantitative estimate of drug-likeness (QED) is 0.582. The Kier molecular flexibility index (Phi) is 1.95. The molecule has 2 fully saturated rings. The van der Waals surface area contributed by atoms with Crippen molar-refractivity contribution in [3.8, 4) is 0 Å². The van der Waals surface area contributed by atoms with E-state index in [-0.39, 0.29) is 0 Å². The largest absolute Gasteiger partial charge is 0.155 e. The Morgan fingerprint density at radius 3 is 2.55 bits per heavy atom. The van der Waals surface area contributed by atoms with Gasteiger partial charge < -0.3 is 0 Å². The molecule has 11 heavy (non-hydrogen) atoms. The third kappa shape index (κ3) is 1.12. The molecule has 64 valence electrons. The van der Waals surface area contributed by atoms with Crippen molar-refractivity contribution in [1.29, 1.82) is 0 Å². The fourth-order valence-corrected chi connectivity index (χ4v) is 4.63. The zero-order chi connectivity index (χ0) is 7.90. The zero-order valence-corrected chi connectivity index (χ0v) is 8.41. The van der Waals surface area contributed by atoms with Crippen LogP contribution < -0.4 is 0 Å². The molecule has 0 N–H and O–H groups in total. The van der Waals surface area contributed by atoms with Crippen molar-refractivity contribution in [3.63, 3.8) is 0 Å². The van der Waals surface area contributed by atoms with E-state index >= 15 is 0 Å². The summed E-state index contributed by atoms with van der Waals surface area (Å²) in [7, 11) is 0. The van der Waals surface area contributed by atoms with E-state index in [2.05, 4.69) is 25.6 Å². The van der Waals surface area contributed by atoms with Gasteiger partial charge in [-0.25, -0.2) is 0 Å². The Balaban J connectivity index is 2.03. The topological polar surface area (TPSA) is 0 Å². The second-order valence-corrected chi connectivity index (χ2v) is 5.92. The molecule has 0 radical (unpaired) electrons. The van der Waals surface area contributed by atoms with Gasteiger partial charge in [-0.1, -0.05) is 13.8 Å². The van der Waals surface area contributed by atoms with Gasteiger partial charge in [0.25, 0.3) is 0 Å². The summed E-state index contributed by atoms with van der Waals surface area (Å²) in [5.41, 5.74) is 0. The third-order valence-electron chi connectivity index (χ3n) is 3.49. The monoisotopic (exact) mass is 170 g/mol. The molecule has 2 rings (SSSR count). The van der Waals surface area contributed by atoms with E-state index in [1.165, 1.54) is 31.4 Å². The average Bonchev–Trinajstić information content (AvgIpc) is 2.31. The maximum absolute atomic E-state index is 2.39. The van der Waals surface area contributed by atoms with Crippen molar-refractivity contribution in [1.82, 2.24) is 0 Å². The molecule has 0 aromatic heterocycles. The van der Waals surface area contributed by atoms with Crippen molar-refractivity contribution < 1.29 is 0 Å². The van der Waals surface area contributed by atoms with E-state index < -0.39 is 0 Å². The van der Waals surface area contributed by atoms with Gasteiger partial charge in [-0.2, -0.15) is 11.8 Å². The van der Waals surface area contributed by atoms with Gasteiger partial charge in [-0.3, -0.25) is 0 Å². The molecule has 1 heterocycles. The lowest BCUT2D eigenvalue weighted by atomic mass is 9.65. The second-order valence-electron chi connectivity index (χ2n) is 4.41. The van der Waals surface area contributed by atoms with Gasteiger partial charge in [0.05, 0.1) is 0 Å². The molecule has 1 aliphatic carbocycles. The van der Waals surface area contributed by atoms with Crippen molar-refractivity contribution in [2.45, 2.75) is 44.3 Å². The second kappa shape index (κ2) is 2.69. The van der Waals surface area contributed by atoms with Crippen molar-refractivity contribution in [2.75, 3.05) is 5.75 Å². The van der Waals surface area contributed by atoms with Crippen molar-refractivity contribution >= 4 is 11.8 Å². The van der Waals surface area contributed by atoms with E-state index in [4.69, 9.17) is 0 Å². The molecule has 0 nitrogen and oxygen atoms in total. The first-order valence-electron chi connectivity index (χ1n) is 4.88. The van der Waals surface area contributed by atoms with Crippen LogP contribution in [0.1, 0.15) is 39.5 Å². The number of rotatable bonds is 1. The van der Waals surface area contributed by atoms with Crippen LogP contribution in [0.3, 0.4) is 0 Å². The molecule has 1 heteroatoms. The van der Waals surface area contributed by atoms with Gasteiger partial charge in [0.2, 0.25) is 0 Å². The first-order chi connectivity index (χ1) is 5.25. The van der Waals surface area contributed by atoms with E-state index in [1.54, 1.807) is 0 Å². The van der Waals surface area contributed by atoms with Crippen molar-refractivity contribution in [3.05, 3.63) is 0 Å². The summed E-state index contributed by atoms with van der Waals surface area (Å²) in [6, 6.07) is 0. The van der Waals surface area contributed by atoms with Crippen LogP contribution in [0, 0.1) is 11.8 Å². The van der Waals surface area contributed by atoms with Crippen LogP contribution in [0.15, 0.2) is 0 Å². The lowest BCUT2D eigenvalue weighted by Gasteiger charge is -2.49. The summed E-state index contributed by atoms with van der Waals surface area (Å²) in [6.07, 6.45) is 6.01. The maximum Gasteiger partial charge on any atom is 0.0191 e. The van der Waals surface area contributed by atoms with Crippen LogP contribution in [0.25, 0.3) is 0 Å². The predicted octanol–water partition coefficient (Wildman–Crippen LogP) is 3.32. The third-order valence-corrected chi connectivity index (χ3v) is 5.27. The highest BCUT2D eigenvalue weighted by Crippen LogP contribution is 2.58. The molecule has 1 aliphatic heterocycles.